The number of amides is 3. The van der Waals surface area contributed by atoms with Crippen LogP contribution in [0.25, 0.3) is 0 Å². The number of rotatable bonds is 18. The van der Waals surface area contributed by atoms with E-state index in [1.165, 1.54) is 23.5 Å². The standard InChI is InChI=1S/C21H41N7O5S2/c1-12(2)16(22)19(31)27-14(8-11-35-4)17(29)26-13(7-10-34-3)18(30)28-15(20(32)33)6-5-9-25-21(23)24/h12-16H,5-11,22H2,1-4H3,(H,26,29)(H,27,31)(H,28,30)(H,32,33)(H4,23,24,25). The molecule has 202 valence electrons. The topological polar surface area (TPSA) is 215 Å². The Bertz CT molecular complexity index is 720. The quantitative estimate of drug-likeness (QED) is 0.0650. The minimum absolute atomic E-state index is 0.0989. The Morgan fingerprint density at radius 1 is 0.829 bits per heavy atom. The van der Waals surface area contributed by atoms with Crippen LogP contribution >= 0.6 is 23.5 Å². The molecule has 35 heavy (non-hydrogen) atoms. The second-order valence-electron chi connectivity index (χ2n) is 8.30. The normalized spacial score (nSPS) is 14.3. The highest BCUT2D eigenvalue weighted by Gasteiger charge is 2.30. The van der Waals surface area contributed by atoms with Gasteiger partial charge in [0, 0.05) is 6.54 Å². The zero-order valence-electron chi connectivity index (χ0n) is 20.9. The molecule has 0 aliphatic carbocycles. The molecule has 0 aromatic rings. The van der Waals surface area contributed by atoms with E-state index in [9.17, 15) is 24.3 Å². The third-order valence-electron chi connectivity index (χ3n) is 5.07. The first-order valence-electron chi connectivity index (χ1n) is 11.4. The number of thioether (sulfide) groups is 2. The maximum absolute atomic E-state index is 13.0. The van der Waals surface area contributed by atoms with E-state index in [2.05, 4.69) is 20.9 Å². The van der Waals surface area contributed by atoms with Crippen molar-refractivity contribution < 1.29 is 24.3 Å². The van der Waals surface area contributed by atoms with E-state index >= 15 is 0 Å². The molecule has 0 bridgehead atoms. The van der Waals surface area contributed by atoms with Gasteiger partial charge in [0.15, 0.2) is 5.96 Å². The van der Waals surface area contributed by atoms with Crippen LogP contribution in [0.4, 0.5) is 0 Å². The fraction of sp³-hybridized carbons (Fsp3) is 0.762. The van der Waals surface area contributed by atoms with Gasteiger partial charge in [-0.3, -0.25) is 19.4 Å². The van der Waals surface area contributed by atoms with Crippen LogP contribution in [0.15, 0.2) is 4.99 Å². The van der Waals surface area contributed by atoms with Crippen molar-refractivity contribution in [2.45, 2.75) is 63.7 Å². The van der Waals surface area contributed by atoms with Gasteiger partial charge in [-0.15, -0.1) is 0 Å². The van der Waals surface area contributed by atoms with Gasteiger partial charge in [0.05, 0.1) is 6.04 Å². The molecule has 0 saturated heterocycles. The molecule has 0 saturated carbocycles. The maximum atomic E-state index is 13.0. The van der Waals surface area contributed by atoms with Crippen molar-refractivity contribution in [1.82, 2.24) is 16.0 Å². The summed E-state index contributed by atoms with van der Waals surface area (Å²) in [5.74, 6) is -1.84. The van der Waals surface area contributed by atoms with E-state index in [-0.39, 0.29) is 31.3 Å². The maximum Gasteiger partial charge on any atom is 0.326 e. The molecule has 14 heteroatoms. The number of carboxylic acids is 1. The summed E-state index contributed by atoms with van der Waals surface area (Å²) in [5, 5.41) is 17.4. The summed E-state index contributed by atoms with van der Waals surface area (Å²) in [6.45, 7) is 3.84. The summed E-state index contributed by atoms with van der Waals surface area (Å²) < 4.78 is 0. The monoisotopic (exact) mass is 535 g/mol. The average Bonchev–Trinajstić information content (AvgIpc) is 2.79. The summed E-state index contributed by atoms with van der Waals surface area (Å²) in [7, 11) is 0. The lowest BCUT2D eigenvalue weighted by Gasteiger charge is -2.25. The minimum atomic E-state index is -1.20. The van der Waals surface area contributed by atoms with Gasteiger partial charge in [-0.2, -0.15) is 23.5 Å². The molecule has 12 nitrogen and oxygen atoms in total. The third-order valence-corrected chi connectivity index (χ3v) is 6.36. The minimum Gasteiger partial charge on any atom is -0.480 e. The van der Waals surface area contributed by atoms with Gasteiger partial charge in [-0.25, -0.2) is 4.79 Å². The molecular formula is C21H41N7O5S2. The highest BCUT2D eigenvalue weighted by molar-refractivity contribution is 7.98. The first-order valence-corrected chi connectivity index (χ1v) is 14.2. The molecule has 0 spiro atoms. The molecule has 0 aromatic carbocycles. The molecular weight excluding hydrogens is 494 g/mol. The van der Waals surface area contributed by atoms with E-state index in [1.807, 2.05) is 12.5 Å². The van der Waals surface area contributed by atoms with Crippen LogP contribution < -0.4 is 33.2 Å². The second kappa shape index (κ2) is 18.1. The largest absolute Gasteiger partial charge is 0.480 e. The summed E-state index contributed by atoms with van der Waals surface area (Å²) in [4.78, 5) is 53.8. The van der Waals surface area contributed by atoms with Gasteiger partial charge in [0.1, 0.15) is 18.1 Å². The number of guanidine groups is 1. The lowest BCUT2D eigenvalue weighted by atomic mass is 10.0. The van der Waals surface area contributed by atoms with E-state index < -0.39 is 47.9 Å². The second-order valence-corrected chi connectivity index (χ2v) is 10.3. The Hall–Kier alpha value is -2.19. The van der Waals surface area contributed by atoms with Gasteiger partial charge in [0.25, 0.3) is 0 Å². The molecule has 0 radical (unpaired) electrons. The fourth-order valence-electron chi connectivity index (χ4n) is 2.89. The highest BCUT2D eigenvalue weighted by Crippen LogP contribution is 2.08. The molecule has 0 rings (SSSR count). The molecule has 4 atom stereocenters. The molecule has 3 amide bonds. The van der Waals surface area contributed by atoms with Crippen LogP contribution in [0.3, 0.4) is 0 Å². The van der Waals surface area contributed by atoms with E-state index in [0.29, 0.717) is 24.3 Å². The van der Waals surface area contributed by atoms with E-state index in [0.717, 1.165) is 0 Å². The Labute approximate surface area is 215 Å². The van der Waals surface area contributed by atoms with Crippen molar-refractivity contribution in [3.63, 3.8) is 0 Å². The predicted octanol–water partition coefficient (Wildman–Crippen LogP) is -0.931. The number of aliphatic imine (C=N–C) groups is 1. The molecule has 0 heterocycles. The number of nitrogens with zero attached hydrogens (tertiary/aromatic N) is 1. The summed E-state index contributed by atoms with van der Waals surface area (Å²) in [5.41, 5.74) is 16.4. The number of hydrogen-bond donors (Lipinski definition) is 7. The number of carbonyl (C=O) groups is 4. The molecule has 0 aliphatic rings. The van der Waals surface area contributed by atoms with Gasteiger partial charge in [-0.1, -0.05) is 13.8 Å². The molecule has 4 unspecified atom stereocenters. The van der Waals surface area contributed by atoms with Gasteiger partial charge < -0.3 is 38.3 Å². The van der Waals surface area contributed by atoms with Crippen molar-refractivity contribution in [2.75, 3.05) is 30.6 Å². The first-order chi connectivity index (χ1) is 16.4. The Kier molecular flexibility index (Phi) is 17.0. The molecule has 0 fully saturated rings. The lowest BCUT2D eigenvalue weighted by Crippen LogP contribution is -2.57. The van der Waals surface area contributed by atoms with Crippen molar-refractivity contribution in [3.8, 4) is 0 Å². The molecule has 10 N–H and O–H groups in total. The smallest absolute Gasteiger partial charge is 0.326 e. The van der Waals surface area contributed by atoms with Crippen LogP contribution in [-0.4, -0.2) is 89.5 Å². The number of aliphatic carboxylic acids is 1. The van der Waals surface area contributed by atoms with E-state index in [1.54, 1.807) is 13.8 Å². The fourth-order valence-corrected chi connectivity index (χ4v) is 3.83. The van der Waals surface area contributed by atoms with Crippen molar-refractivity contribution in [2.24, 2.45) is 28.1 Å². The summed E-state index contributed by atoms with van der Waals surface area (Å²) in [6.07, 6.45) is 4.83. The number of hydrogen-bond acceptors (Lipinski definition) is 8. The zero-order valence-corrected chi connectivity index (χ0v) is 22.5. The van der Waals surface area contributed by atoms with Crippen molar-refractivity contribution in [1.29, 1.82) is 0 Å². The van der Waals surface area contributed by atoms with E-state index in [4.69, 9.17) is 17.2 Å². The lowest BCUT2D eigenvalue weighted by molar-refractivity contribution is -0.142. The van der Waals surface area contributed by atoms with Crippen LogP contribution in [-0.2, 0) is 19.2 Å². The average molecular weight is 536 g/mol. The summed E-state index contributed by atoms with van der Waals surface area (Å²) >= 11 is 3.00. The van der Waals surface area contributed by atoms with Gasteiger partial charge in [-0.05, 0) is 55.6 Å². The van der Waals surface area contributed by atoms with Crippen molar-refractivity contribution >= 4 is 53.2 Å². The van der Waals surface area contributed by atoms with Crippen LogP contribution in [0, 0.1) is 5.92 Å². The van der Waals surface area contributed by atoms with Gasteiger partial charge >= 0.3 is 5.97 Å². The SMILES string of the molecule is CSCCC(NC(=O)C(CCSC)NC(=O)C(N)C(C)C)C(=O)NC(CCCN=C(N)N)C(=O)O. The number of carbonyl (C=O) groups excluding carboxylic acids is 3. The Balaban J connectivity index is 5.38. The summed E-state index contributed by atoms with van der Waals surface area (Å²) in [6, 6.07) is -3.78. The van der Waals surface area contributed by atoms with Crippen LogP contribution in [0.2, 0.25) is 0 Å². The number of nitrogens with one attached hydrogen (secondary N) is 3. The molecule has 0 aromatic heterocycles. The zero-order chi connectivity index (χ0) is 27.0. The van der Waals surface area contributed by atoms with Crippen molar-refractivity contribution in [3.05, 3.63) is 0 Å². The molecule has 0 aliphatic heterocycles. The Morgan fingerprint density at radius 3 is 1.69 bits per heavy atom. The van der Waals surface area contributed by atoms with Gasteiger partial charge in [0.2, 0.25) is 17.7 Å². The first kappa shape index (κ1) is 32.8. The highest BCUT2D eigenvalue weighted by atomic mass is 32.2. The predicted molar refractivity (Wildman–Crippen MR) is 142 cm³/mol. The number of carboxylic acid groups (broad SMARTS) is 1. The third kappa shape index (κ3) is 14.1. The number of nitrogens with two attached hydrogens (primary N) is 3. The Morgan fingerprint density at radius 2 is 1.29 bits per heavy atom. The van der Waals surface area contributed by atoms with Crippen LogP contribution in [0.1, 0.15) is 39.5 Å². The van der Waals surface area contributed by atoms with Crippen LogP contribution in [0.5, 0.6) is 0 Å².